The highest BCUT2D eigenvalue weighted by atomic mass is 16.3. The first-order valence-electron chi connectivity index (χ1n) is 7.00. The van der Waals surface area contributed by atoms with E-state index in [2.05, 4.69) is 5.32 Å². The highest BCUT2D eigenvalue weighted by Gasteiger charge is 2.24. The second kappa shape index (κ2) is 6.06. The third-order valence-corrected chi connectivity index (χ3v) is 3.87. The van der Waals surface area contributed by atoms with E-state index in [0.29, 0.717) is 12.0 Å². The van der Waals surface area contributed by atoms with Crippen molar-refractivity contribution in [3.63, 3.8) is 0 Å². The summed E-state index contributed by atoms with van der Waals surface area (Å²) in [5, 5.41) is 14.3. The highest BCUT2D eigenvalue weighted by Crippen LogP contribution is 2.18. The Hall–Kier alpha value is -1.87. The Labute approximate surface area is 119 Å². The van der Waals surface area contributed by atoms with Crippen LogP contribution in [0, 0.1) is 0 Å². The van der Waals surface area contributed by atoms with E-state index in [0.717, 1.165) is 17.2 Å². The van der Waals surface area contributed by atoms with E-state index >= 15 is 0 Å². The van der Waals surface area contributed by atoms with Crippen LogP contribution in [0.5, 0.6) is 0 Å². The number of rotatable bonds is 5. The van der Waals surface area contributed by atoms with Crippen LogP contribution in [-0.2, 0) is 0 Å². The molecule has 3 nitrogen and oxygen atoms in total. The summed E-state index contributed by atoms with van der Waals surface area (Å²) in [5.41, 5.74) is 0.290. The molecular formula is C17H21NO2. The van der Waals surface area contributed by atoms with Crippen molar-refractivity contribution in [1.29, 1.82) is 0 Å². The minimum atomic E-state index is -0.364. The fraction of sp³-hybridized carbons (Fsp3) is 0.353. The Balaban J connectivity index is 2.22. The van der Waals surface area contributed by atoms with Crippen molar-refractivity contribution in [2.45, 2.75) is 32.2 Å². The summed E-state index contributed by atoms with van der Waals surface area (Å²) in [6, 6.07) is 13.7. The molecule has 0 radical (unpaired) electrons. The lowest BCUT2D eigenvalue weighted by Gasteiger charge is -2.29. The molecule has 3 heteroatoms. The average Bonchev–Trinajstić information content (AvgIpc) is 2.47. The lowest BCUT2D eigenvalue weighted by atomic mass is 9.94. The van der Waals surface area contributed by atoms with Crippen molar-refractivity contribution in [3.05, 3.63) is 48.0 Å². The van der Waals surface area contributed by atoms with Gasteiger partial charge in [-0.05, 0) is 42.7 Å². The summed E-state index contributed by atoms with van der Waals surface area (Å²) >= 11 is 0. The molecule has 0 spiro atoms. The molecule has 1 atom stereocenters. The second-order valence-electron chi connectivity index (χ2n) is 5.40. The van der Waals surface area contributed by atoms with Crippen LogP contribution in [0.2, 0.25) is 0 Å². The molecule has 0 aromatic heterocycles. The predicted molar refractivity (Wildman–Crippen MR) is 81.8 cm³/mol. The van der Waals surface area contributed by atoms with Gasteiger partial charge in [-0.2, -0.15) is 0 Å². The Morgan fingerprint density at radius 1 is 1.20 bits per heavy atom. The Kier molecular flexibility index (Phi) is 4.40. The van der Waals surface area contributed by atoms with E-state index in [-0.39, 0.29) is 18.1 Å². The van der Waals surface area contributed by atoms with Gasteiger partial charge < -0.3 is 10.4 Å². The smallest absolute Gasteiger partial charge is 0.251 e. The predicted octanol–water partition coefficient (Wildman–Crippen LogP) is 3.12. The summed E-state index contributed by atoms with van der Waals surface area (Å²) in [6.07, 6.45) is 1.34. The zero-order valence-electron chi connectivity index (χ0n) is 12.0. The van der Waals surface area contributed by atoms with Gasteiger partial charge in [-0.25, -0.2) is 0 Å². The lowest BCUT2D eigenvalue weighted by molar-refractivity contribution is 0.0886. The van der Waals surface area contributed by atoms with Crippen LogP contribution in [-0.4, -0.2) is 23.2 Å². The zero-order chi connectivity index (χ0) is 14.6. The molecule has 2 rings (SSSR count). The van der Waals surface area contributed by atoms with Crippen LogP contribution in [0.4, 0.5) is 0 Å². The fourth-order valence-electron chi connectivity index (χ4n) is 2.25. The number of aliphatic hydroxyl groups excluding tert-OH is 1. The lowest BCUT2D eigenvalue weighted by Crippen LogP contribution is -2.46. The number of nitrogens with one attached hydrogen (secondary N) is 1. The fourth-order valence-corrected chi connectivity index (χ4v) is 2.25. The molecule has 0 heterocycles. The molecule has 0 aliphatic heterocycles. The summed E-state index contributed by atoms with van der Waals surface area (Å²) < 4.78 is 0. The molecule has 0 aliphatic carbocycles. The quantitative estimate of drug-likeness (QED) is 0.877. The largest absolute Gasteiger partial charge is 0.396 e. The van der Waals surface area contributed by atoms with Crippen LogP contribution < -0.4 is 5.32 Å². The summed E-state index contributed by atoms with van der Waals surface area (Å²) in [7, 11) is 0. The third-order valence-electron chi connectivity index (χ3n) is 3.87. The topological polar surface area (TPSA) is 49.3 Å². The van der Waals surface area contributed by atoms with E-state index in [1.807, 2.05) is 56.3 Å². The van der Waals surface area contributed by atoms with Gasteiger partial charge in [-0.1, -0.05) is 37.3 Å². The number of benzene rings is 2. The summed E-state index contributed by atoms with van der Waals surface area (Å²) in [5.74, 6) is -0.0893. The normalized spacial score (nSPS) is 13.9. The zero-order valence-corrected chi connectivity index (χ0v) is 12.0. The van der Waals surface area contributed by atoms with Gasteiger partial charge in [-0.3, -0.25) is 4.79 Å². The first-order chi connectivity index (χ1) is 9.58. The number of amides is 1. The maximum absolute atomic E-state index is 12.3. The van der Waals surface area contributed by atoms with Gasteiger partial charge in [0.2, 0.25) is 0 Å². The summed E-state index contributed by atoms with van der Waals surface area (Å²) in [6.45, 7) is 4.04. The molecule has 0 fully saturated rings. The molecular weight excluding hydrogens is 250 g/mol. The van der Waals surface area contributed by atoms with Crippen LogP contribution in [0.15, 0.2) is 42.5 Å². The van der Waals surface area contributed by atoms with Crippen molar-refractivity contribution in [2.24, 2.45) is 0 Å². The molecule has 2 aromatic carbocycles. The first-order valence-corrected chi connectivity index (χ1v) is 7.00. The van der Waals surface area contributed by atoms with E-state index < -0.39 is 0 Å². The maximum atomic E-state index is 12.3. The molecule has 0 saturated heterocycles. The van der Waals surface area contributed by atoms with Crippen LogP contribution in [0.1, 0.15) is 37.0 Å². The van der Waals surface area contributed by atoms with Crippen molar-refractivity contribution in [2.75, 3.05) is 6.61 Å². The molecule has 20 heavy (non-hydrogen) atoms. The highest BCUT2D eigenvalue weighted by molar-refractivity contribution is 5.98. The van der Waals surface area contributed by atoms with Crippen LogP contribution in [0.25, 0.3) is 10.8 Å². The van der Waals surface area contributed by atoms with Crippen molar-refractivity contribution in [1.82, 2.24) is 5.32 Å². The monoisotopic (exact) mass is 271 g/mol. The summed E-state index contributed by atoms with van der Waals surface area (Å²) in [4.78, 5) is 12.3. The van der Waals surface area contributed by atoms with E-state index in [4.69, 9.17) is 5.11 Å². The van der Waals surface area contributed by atoms with Gasteiger partial charge in [0.05, 0.1) is 0 Å². The van der Waals surface area contributed by atoms with Crippen LogP contribution in [0.3, 0.4) is 0 Å². The molecule has 2 aromatic rings. The molecule has 1 unspecified atom stereocenters. The molecule has 2 N–H and O–H groups in total. The van der Waals surface area contributed by atoms with E-state index in [9.17, 15) is 4.79 Å². The van der Waals surface area contributed by atoms with Gasteiger partial charge in [0, 0.05) is 17.7 Å². The Bertz CT molecular complexity index is 609. The molecule has 106 valence electrons. The van der Waals surface area contributed by atoms with Gasteiger partial charge in [-0.15, -0.1) is 0 Å². The van der Waals surface area contributed by atoms with E-state index in [1.165, 1.54) is 0 Å². The van der Waals surface area contributed by atoms with Crippen molar-refractivity contribution < 1.29 is 9.90 Å². The number of hydrogen-bond donors (Lipinski definition) is 2. The van der Waals surface area contributed by atoms with Crippen LogP contribution >= 0.6 is 0 Å². The molecule has 0 saturated carbocycles. The van der Waals surface area contributed by atoms with Gasteiger partial charge in [0.25, 0.3) is 5.91 Å². The van der Waals surface area contributed by atoms with Crippen molar-refractivity contribution >= 4 is 16.7 Å². The third kappa shape index (κ3) is 3.17. The number of aliphatic hydroxyl groups is 1. The Morgan fingerprint density at radius 2 is 1.90 bits per heavy atom. The van der Waals surface area contributed by atoms with Gasteiger partial charge >= 0.3 is 0 Å². The number of carbonyl (C=O) groups is 1. The molecule has 0 aliphatic rings. The number of hydrogen-bond acceptors (Lipinski definition) is 2. The Morgan fingerprint density at radius 3 is 2.55 bits per heavy atom. The number of carbonyl (C=O) groups excluding carboxylic acids is 1. The molecule has 1 amide bonds. The SMILES string of the molecule is CCC(C)(CCO)NC(=O)c1ccc2ccccc2c1. The van der Waals surface area contributed by atoms with Gasteiger partial charge in [0.1, 0.15) is 0 Å². The first kappa shape index (κ1) is 14.5. The molecule has 0 bridgehead atoms. The average molecular weight is 271 g/mol. The van der Waals surface area contributed by atoms with Crippen molar-refractivity contribution in [3.8, 4) is 0 Å². The maximum Gasteiger partial charge on any atom is 0.251 e. The minimum Gasteiger partial charge on any atom is -0.396 e. The number of fused-ring (bicyclic) bond motifs is 1. The van der Waals surface area contributed by atoms with E-state index in [1.54, 1.807) is 0 Å². The second-order valence-corrected chi connectivity index (χ2v) is 5.40. The van der Waals surface area contributed by atoms with Gasteiger partial charge in [0.15, 0.2) is 0 Å². The minimum absolute atomic E-state index is 0.0718. The standard InChI is InChI=1S/C17H21NO2/c1-3-17(2,10-11-19)18-16(20)15-9-8-13-6-4-5-7-14(13)12-15/h4-9,12,19H,3,10-11H2,1-2H3,(H,18,20).